The average molecular weight is 413 g/mol. The maximum absolute atomic E-state index is 13.6. The molecule has 0 aliphatic heterocycles. The van der Waals surface area contributed by atoms with Crippen molar-refractivity contribution in [2.75, 3.05) is 6.61 Å². The molecule has 2 aliphatic rings. The quantitative estimate of drug-likeness (QED) is 0.621. The summed E-state index contributed by atoms with van der Waals surface area (Å²) in [5.74, 6) is -2.37. The fraction of sp³-hybridized carbons (Fsp3) is 0.160. The minimum atomic E-state index is -0.857. The van der Waals surface area contributed by atoms with E-state index in [-0.39, 0.29) is 47.1 Å². The first-order valence-electron chi connectivity index (χ1n) is 10.1. The summed E-state index contributed by atoms with van der Waals surface area (Å²) in [6, 6.07) is 14.1. The number of esters is 1. The number of Topliss-reactive ketones (excluding diaryl/α,β-unsaturated/α-hetero) is 2. The van der Waals surface area contributed by atoms with Crippen molar-refractivity contribution >= 4 is 34.0 Å². The van der Waals surface area contributed by atoms with Crippen LogP contribution in [0.1, 0.15) is 39.6 Å². The largest absolute Gasteiger partial charge is 0.511 e. The molecule has 0 amide bonds. The third-order valence-corrected chi connectivity index (χ3v) is 5.89. The number of rotatable bonds is 3. The molecular formula is C25H19NO5. The summed E-state index contributed by atoms with van der Waals surface area (Å²) in [4.78, 5) is 42.9. The van der Waals surface area contributed by atoms with Gasteiger partial charge in [0, 0.05) is 51.4 Å². The van der Waals surface area contributed by atoms with Crippen LogP contribution >= 0.6 is 0 Å². The molecule has 1 atom stereocenters. The molecule has 0 saturated heterocycles. The van der Waals surface area contributed by atoms with Crippen LogP contribution in [-0.4, -0.2) is 34.2 Å². The molecule has 154 valence electrons. The van der Waals surface area contributed by atoms with Crippen molar-refractivity contribution in [2.45, 2.75) is 13.3 Å². The first-order chi connectivity index (χ1) is 15.0. The second-order valence-corrected chi connectivity index (χ2v) is 7.57. The van der Waals surface area contributed by atoms with E-state index in [1.807, 2.05) is 24.3 Å². The van der Waals surface area contributed by atoms with Gasteiger partial charge in [0.05, 0.1) is 12.5 Å². The van der Waals surface area contributed by atoms with Gasteiger partial charge in [-0.25, -0.2) is 4.79 Å². The Morgan fingerprint density at radius 3 is 2.55 bits per heavy atom. The molecule has 0 radical (unpaired) electrons. The molecule has 2 N–H and O–H groups in total. The topological polar surface area (TPSA) is 96.5 Å². The Labute approximate surface area is 177 Å². The van der Waals surface area contributed by atoms with Crippen LogP contribution in [0.4, 0.5) is 0 Å². The van der Waals surface area contributed by atoms with Crippen molar-refractivity contribution in [2.24, 2.45) is 5.92 Å². The molecular weight excluding hydrogens is 394 g/mol. The second kappa shape index (κ2) is 7.09. The molecule has 0 fully saturated rings. The number of carbonyl (C=O) groups excluding carboxylic acids is 3. The number of para-hydroxylation sites is 1. The summed E-state index contributed by atoms with van der Waals surface area (Å²) >= 11 is 0. The summed E-state index contributed by atoms with van der Waals surface area (Å²) in [6.45, 7) is 1.79. The number of H-pyrrole nitrogens is 1. The molecule has 2 aromatic carbocycles. The monoisotopic (exact) mass is 413 g/mol. The first kappa shape index (κ1) is 19.1. The number of aliphatic hydroxyl groups excluding tert-OH is 1. The van der Waals surface area contributed by atoms with Gasteiger partial charge < -0.3 is 14.8 Å². The van der Waals surface area contributed by atoms with Gasteiger partial charge in [0.1, 0.15) is 11.3 Å². The van der Waals surface area contributed by atoms with Crippen molar-refractivity contribution in [3.8, 4) is 0 Å². The highest BCUT2D eigenvalue weighted by atomic mass is 16.5. The lowest BCUT2D eigenvalue weighted by Gasteiger charge is -2.32. The summed E-state index contributed by atoms with van der Waals surface area (Å²) in [6.07, 6.45) is 1.58. The van der Waals surface area contributed by atoms with Crippen LogP contribution < -0.4 is 0 Å². The fourth-order valence-electron chi connectivity index (χ4n) is 4.56. The lowest BCUT2D eigenvalue weighted by Crippen LogP contribution is -2.34. The Balaban J connectivity index is 1.86. The zero-order chi connectivity index (χ0) is 21.7. The van der Waals surface area contributed by atoms with E-state index in [4.69, 9.17) is 4.74 Å². The molecule has 3 aromatic rings. The number of benzene rings is 2. The molecule has 31 heavy (non-hydrogen) atoms. The minimum absolute atomic E-state index is 0.0571. The van der Waals surface area contributed by atoms with Crippen LogP contribution in [0.3, 0.4) is 0 Å². The third-order valence-electron chi connectivity index (χ3n) is 5.89. The van der Waals surface area contributed by atoms with Gasteiger partial charge in [-0.05, 0) is 13.0 Å². The molecule has 2 aliphatic carbocycles. The Kier molecular flexibility index (Phi) is 4.36. The molecule has 6 heteroatoms. The molecule has 1 aromatic heterocycles. The van der Waals surface area contributed by atoms with Gasteiger partial charge in [0.25, 0.3) is 0 Å². The fourth-order valence-corrected chi connectivity index (χ4v) is 4.56. The predicted molar refractivity (Wildman–Crippen MR) is 115 cm³/mol. The zero-order valence-electron chi connectivity index (χ0n) is 16.8. The van der Waals surface area contributed by atoms with Crippen molar-refractivity contribution < 1.29 is 24.2 Å². The molecule has 1 heterocycles. The molecule has 0 spiro atoms. The number of aromatic amines is 1. The van der Waals surface area contributed by atoms with E-state index >= 15 is 0 Å². The van der Waals surface area contributed by atoms with Crippen molar-refractivity contribution in [3.63, 3.8) is 0 Å². The summed E-state index contributed by atoms with van der Waals surface area (Å²) < 4.78 is 5.21. The molecule has 6 nitrogen and oxygen atoms in total. The van der Waals surface area contributed by atoms with Crippen LogP contribution in [0, 0.1) is 5.92 Å². The van der Waals surface area contributed by atoms with Crippen molar-refractivity contribution in [1.82, 2.24) is 4.98 Å². The highest BCUT2D eigenvalue weighted by molar-refractivity contribution is 6.30. The van der Waals surface area contributed by atoms with Gasteiger partial charge in [-0.3, -0.25) is 9.59 Å². The zero-order valence-corrected chi connectivity index (χ0v) is 16.8. The van der Waals surface area contributed by atoms with Crippen LogP contribution in [0.15, 0.2) is 71.6 Å². The van der Waals surface area contributed by atoms with Crippen LogP contribution in [-0.2, 0) is 9.53 Å². The summed E-state index contributed by atoms with van der Waals surface area (Å²) in [7, 11) is 0. The Bertz CT molecular complexity index is 1340. The smallest absolute Gasteiger partial charge is 0.342 e. The normalized spacial score (nSPS) is 18.3. The lowest BCUT2D eigenvalue weighted by molar-refractivity contribution is -0.138. The maximum Gasteiger partial charge on any atom is 0.342 e. The van der Waals surface area contributed by atoms with Gasteiger partial charge in [0.15, 0.2) is 11.6 Å². The molecule has 0 bridgehead atoms. The molecule has 0 saturated carbocycles. The first-order valence-corrected chi connectivity index (χ1v) is 10.1. The number of allylic oxidation sites excluding steroid dienone is 2. The number of ether oxygens (including phenoxy) is 1. The Morgan fingerprint density at radius 2 is 1.77 bits per heavy atom. The SMILES string of the molecule is CCOC(=O)C1=C(O)C[C@@H]2C(=O)c3ccccc3C(=O)C2=C1c1c[nH]c2ccccc12. The van der Waals surface area contributed by atoms with E-state index in [0.29, 0.717) is 16.7 Å². The number of aliphatic hydroxyl groups is 1. The van der Waals surface area contributed by atoms with E-state index in [1.165, 1.54) is 0 Å². The van der Waals surface area contributed by atoms with Crippen LogP contribution in [0.25, 0.3) is 16.5 Å². The van der Waals surface area contributed by atoms with Crippen molar-refractivity contribution in [1.29, 1.82) is 0 Å². The molecule has 0 unspecified atom stereocenters. The van der Waals surface area contributed by atoms with E-state index < -0.39 is 11.9 Å². The highest BCUT2D eigenvalue weighted by Gasteiger charge is 2.45. The van der Waals surface area contributed by atoms with Crippen LogP contribution in [0.2, 0.25) is 0 Å². The standard InChI is InChI=1S/C25H19NO5/c1-2-31-25(30)22-19(27)11-16-21(24(29)15-9-4-3-8-14(15)23(16)28)20(22)17-12-26-18-10-6-5-7-13(17)18/h3-10,12,16,26-27H,2,11H2,1H3/t16-/m0/s1. The van der Waals surface area contributed by atoms with Gasteiger partial charge in [0.2, 0.25) is 0 Å². The number of ketones is 2. The maximum atomic E-state index is 13.6. The van der Waals surface area contributed by atoms with E-state index in [2.05, 4.69) is 4.98 Å². The van der Waals surface area contributed by atoms with Gasteiger partial charge in [-0.1, -0.05) is 42.5 Å². The Morgan fingerprint density at radius 1 is 1.06 bits per heavy atom. The average Bonchev–Trinajstić information content (AvgIpc) is 3.20. The number of hydrogen-bond donors (Lipinski definition) is 2. The van der Waals surface area contributed by atoms with Gasteiger partial charge in [-0.15, -0.1) is 0 Å². The third kappa shape index (κ3) is 2.75. The van der Waals surface area contributed by atoms with Gasteiger partial charge >= 0.3 is 5.97 Å². The van der Waals surface area contributed by atoms with E-state index in [0.717, 1.165) is 10.9 Å². The minimum Gasteiger partial charge on any atom is -0.511 e. The summed E-state index contributed by atoms with van der Waals surface area (Å²) in [5.41, 5.74) is 2.47. The van der Waals surface area contributed by atoms with Crippen molar-refractivity contribution in [3.05, 3.63) is 88.3 Å². The summed E-state index contributed by atoms with van der Waals surface area (Å²) in [5, 5.41) is 11.6. The Hall–Kier alpha value is -3.93. The number of aromatic nitrogens is 1. The number of fused-ring (bicyclic) bond motifs is 3. The van der Waals surface area contributed by atoms with Crippen LogP contribution in [0.5, 0.6) is 0 Å². The second-order valence-electron chi connectivity index (χ2n) is 7.57. The predicted octanol–water partition coefficient (Wildman–Crippen LogP) is 4.40. The number of hydrogen-bond acceptors (Lipinski definition) is 5. The number of nitrogens with one attached hydrogen (secondary N) is 1. The lowest BCUT2D eigenvalue weighted by atomic mass is 9.69. The highest BCUT2D eigenvalue weighted by Crippen LogP contribution is 2.46. The van der Waals surface area contributed by atoms with E-state index in [9.17, 15) is 19.5 Å². The van der Waals surface area contributed by atoms with E-state index in [1.54, 1.807) is 37.4 Å². The van der Waals surface area contributed by atoms with Gasteiger partial charge in [-0.2, -0.15) is 0 Å². The number of carbonyl (C=O) groups is 3. The molecule has 5 rings (SSSR count).